The predicted octanol–water partition coefficient (Wildman–Crippen LogP) is 2.81. The Morgan fingerprint density at radius 2 is 2.11 bits per heavy atom. The molecule has 1 unspecified atom stereocenters. The number of hydrogen-bond donors (Lipinski definition) is 2. The van der Waals surface area contributed by atoms with Gasteiger partial charge in [-0.25, -0.2) is 4.39 Å². The van der Waals surface area contributed by atoms with E-state index >= 15 is 0 Å². The summed E-state index contributed by atoms with van der Waals surface area (Å²) in [5.41, 5.74) is 14.1. The highest BCUT2D eigenvalue weighted by molar-refractivity contribution is 9.10. The van der Waals surface area contributed by atoms with Crippen LogP contribution in [0.5, 0.6) is 0 Å². The second-order valence-corrected chi connectivity index (χ2v) is 5.00. The molecule has 1 atom stereocenters. The van der Waals surface area contributed by atoms with E-state index in [0.29, 0.717) is 16.6 Å². The number of anilines is 1. The Morgan fingerprint density at radius 1 is 1.33 bits per heavy atom. The van der Waals surface area contributed by atoms with E-state index in [4.69, 9.17) is 11.5 Å². The van der Waals surface area contributed by atoms with Gasteiger partial charge in [0.05, 0.1) is 0 Å². The molecule has 0 fully saturated rings. The van der Waals surface area contributed by atoms with E-state index in [1.807, 2.05) is 0 Å². The van der Waals surface area contributed by atoms with Crippen LogP contribution in [0.3, 0.4) is 0 Å². The lowest BCUT2D eigenvalue weighted by molar-refractivity contribution is 0.617. The quantitative estimate of drug-likeness (QED) is 0.916. The Bertz CT molecular complexity index is 539. The van der Waals surface area contributed by atoms with E-state index in [9.17, 15) is 4.39 Å². The molecule has 1 aromatic heterocycles. The van der Waals surface area contributed by atoms with Crippen LogP contribution in [0.2, 0.25) is 0 Å². The van der Waals surface area contributed by atoms with Gasteiger partial charge in [0.1, 0.15) is 5.82 Å². The van der Waals surface area contributed by atoms with Gasteiger partial charge in [0, 0.05) is 28.6 Å². The van der Waals surface area contributed by atoms with Crippen molar-refractivity contribution in [2.24, 2.45) is 5.73 Å². The first-order chi connectivity index (χ1) is 8.56. The zero-order valence-corrected chi connectivity index (χ0v) is 11.2. The van der Waals surface area contributed by atoms with Crippen molar-refractivity contribution < 1.29 is 4.39 Å². The highest BCUT2D eigenvalue weighted by Crippen LogP contribution is 2.23. The standard InChI is InChI=1S/C13H13BrFN3/c14-10-3-8(4-11(15)6-10)13(17)5-9-7-18-2-1-12(9)16/h1-4,6-7,13H,5,17H2,(H2,16,18). The molecule has 2 aromatic rings. The van der Waals surface area contributed by atoms with Crippen molar-refractivity contribution in [1.29, 1.82) is 0 Å². The van der Waals surface area contributed by atoms with Crippen molar-refractivity contribution in [3.05, 3.63) is 58.1 Å². The van der Waals surface area contributed by atoms with E-state index in [-0.39, 0.29) is 11.9 Å². The van der Waals surface area contributed by atoms with Crippen molar-refractivity contribution in [2.45, 2.75) is 12.5 Å². The molecule has 0 saturated heterocycles. The van der Waals surface area contributed by atoms with Gasteiger partial charge in [-0.05, 0) is 41.8 Å². The largest absolute Gasteiger partial charge is 0.398 e. The average molecular weight is 310 g/mol. The topological polar surface area (TPSA) is 64.9 Å². The third-order valence-corrected chi connectivity index (χ3v) is 3.15. The smallest absolute Gasteiger partial charge is 0.124 e. The van der Waals surface area contributed by atoms with Crippen molar-refractivity contribution in [2.75, 3.05) is 5.73 Å². The van der Waals surface area contributed by atoms with Crippen LogP contribution in [0, 0.1) is 5.82 Å². The highest BCUT2D eigenvalue weighted by atomic mass is 79.9. The lowest BCUT2D eigenvalue weighted by atomic mass is 10.00. The Labute approximate surface area is 113 Å². The van der Waals surface area contributed by atoms with E-state index < -0.39 is 0 Å². The van der Waals surface area contributed by atoms with Crippen molar-refractivity contribution in [1.82, 2.24) is 4.98 Å². The van der Waals surface area contributed by atoms with Gasteiger partial charge in [0.25, 0.3) is 0 Å². The average Bonchev–Trinajstić information content (AvgIpc) is 2.31. The number of pyridine rings is 1. The molecule has 1 aromatic carbocycles. The van der Waals surface area contributed by atoms with Gasteiger partial charge >= 0.3 is 0 Å². The Hall–Kier alpha value is -1.46. The Balaban J connectivity index is 2.22. The van der Waals surface area contributed by atoms with E-state index in [2.05, 4.69) is 20.9 Å². The lowest BCUT2D eigenvalue weighted by Crippen LogP contribution is -2.14. The molecule has 2 rings (SSSR count). The zero-order valence-electron chi connectivity index (χ0n) is 9.61. The lowest BCUT2D eigenvalue weighted by Gasteiger charge is -2.13. The molecule has 0 spiro atoms. The highest BCUT2D eigenvalue weighted by Gasteiger charge is 2.11. The van der Waals surface area contributed by atoms with Gasteiger partial charge in [-0.15, -0.1) is 0 Å². The van der Waals surface area contributed by atoms with Gasteiger partial charge in [-0.3, -0.25) is 4.98 Å². The molecule has 0 radical (unpaired) electrons. The molecule has 0 aliphatic heterocycles. The van der Waals surface area contributed by atoms with Gasteiger partial charge in [-0.1, -0.05) is 15.9 Å². The van der Waals surface area contributed by atoms with Crippen molar-refractivity contribution in [3.63, 3.8) is 0 Å². The number of hydrogen-bond acceptors (Lipinski definition) is 3. The SMILES string of the molecule is Nc1ccncc1CC(N)c1cc(F)cc(Br)c1. The number of nitrogens with two attached hydrogens (primary N) is 2. The summed E-state index contributed by atoms with van der Waals surface area (Å²) >= 11 is 3.25. The van der Waals surface area contributed by atoms with Crippen LogP contribution >= 0.6 is 15.9 Å². The maximum absolute atomic E-state index is 13.3. The summed E-state index contributed by atoms with van der Waals surface area (Å²) in [7, 11) is 0. The molecule has 18 heavy (non-hydrogen) atoms. The molecule has 4 N–H and O–H groups in total. The van der Waals surface area contributed by atoms with Crippen molar-refractivity contribution >= 4 is 21.6 Å². The maximum Gasteiger partial charge on any atom is 0.124 e. The van der Waals surface area contributed by atoms with Crippen LogP contribution in [-0.2, 0) is 6.42 Å². The minimum atomic E-state index is -0.316. The molecule has 0 amide bonds. The molecule has 3 nitrogen and oxygen atoms in total. The number of aromatic nitrogens is 1. The predicted molar refractivity (Wildman–Crippen MR) is 73.4 cm³/mol. The Kier molecular flexibility index (Phi) is 3.93. The van der Waals surface area contributed by atoms with E-state index in [1.54, 1.807) is 24.5 Å². The first kappa shape index (κ1) is 13.0. The molecule has 1 heterocycles. The Morgan fingerprint density at radius 3 is 2.78 bits per heavy atom. The van der Waals surface area contributed by atoms with Crippen molar-refractivity contribution in [3.8, 4) is 0 Å². The summed E-state index contributed by atoms with van der Waals surface area (Å²) < 4.78 is 14.0. The second kappa shape index (κ2) is 5.46. The van der Waals surface area contributed by atoms with E-state index in [1.165, 1.54) is 12.1 Å². The van der Waals surface area contributed by atoms with Crippen LogP contribution in [0.1, 0.15) is 17.2 Å². The number of halogens is 2. The molecule has 0 saturated carbocycles. The zero-order chi connectivity index (χ0) is 13.1. The molecule has 0 aliphatic carbocycles. The fourth-order valence-corrected chi connectivity index (χ4v) is 2.24. The minimum Gasteiger partial charge on any atom is -0.398 e. The minimum absolute atomic E-state index is 0.311. The van der Waals surface area contributed by atoms with Crippen LogP contribution < -0.4 is 11.5 Å². The first-order valence-electron chi connectivity index (χ1n) is 5.46. The monoisotopic (exact) mass is 309 g/mol. The summed E-state index contributed by atoms with van der Waals surface area (Å²) in [4.78, 5) is 4.01. The normalized spacial score (nSPS) is 12.4. The fourth-order valence-electron chi connectivity index (χ4n) is 1.75. The third-order valence-electron chi connectivity index (χ3n) is 2.69. The molecule has 0 bridgehead atoms. The number of nitrogens with zero attached hydrogens (tertiary/aromatic N) is 1. The molecular formula is C13H13BrFN3. The first-order valence-corrected chi connectivity index (χ1v) is 6.25. The van der Waals surface area contributed by atoms with Gasteiger partial charge in [0.2, 0.25) is 0 Å². The second-order valence-electron chi connectivity index (χ2n) is 4.09. The summed E-state index contributed by atoms with van der Waals surface area (Å²) in [6.45, 7) is 0. The number of nitrogen functional groups attached to an aromatic ring is 1. The maximum atomic E-state index is 13.3. The van der Waals surface area contributed by atoms with Crippen LogP contribution in [0.15, 0.2) is 41.1 Å². The fraction of sp³-hybridized carbons (Fsp3) is 0.154. The summed E-state index contributed by atoms with van der Waals surface area (Å²) in [5.74, 6) is -0.311. The number of rotatable bonds is 3. The summed E-state index contributed by atoms with van der Waals surface area (Å²) in [6.07, 6.45) is 3.84. The van der Waals surface area contributed by atoms with E-state index in [0.717, 1.165) is 11.1 Å². The van der Waals surface area contributed by atoms with Gasteiger partial charge in [-0.2, -0.15) is 0 Å². The van der Waals surface area contributed by atoms with Crippen LogP contribution in [0.25, 0.3) is 0 Å². The molecule has 0 aliphatic rings. The van der Waals surface area contributed by atoms with Crippen LogP contribution in [-0.4, -0.2) is 4.98 Å². The molecule has 94 valence electrons. The van der Waals surface area contributed by atoms with Crippen LogP contribution in [0.4, 0.5) is 10.1 Å². The molecular weight excluding hydrogens is 297 g/mol. The third kappa shape index (κ3) is 3.05. The van der Waals surface area contributed by atoms with Gasteiger partial charge < -0.3 is 11.5 Å². The molecule has 5 heteroatoms. The van der Waals surface area contributed by atoms with Gasteiger partial charge in [0.15, 0.2) is 0 Å². The number of benzene rings is 1. The summed E-state index contributed by atoms with van der Waals surface area (Å²) in [6, 6.07) is 6.05. The summed E-state index contributed by atoms with van der Waals surface area (Å²) in [5, 5.41) is 0.